The lowest BCUT2D eigenvalue weighted by atomic mass is 10.1. The smallest absolute Gasteiger partial charge is 0.244 e. The molecule has 1 N–H and O–H groups in total. The van der Waals surface area contributed by atoms with Gasteiger partial charge in [0.05, 0.1) is 0 Å². The first-order valence-electron chi connectivity index (χ1n) is 7.68. The minimum atomic E-state index is -3.37. The Hall–Kier alpha value is -0.850. The molecule has 1 aromatic heterocycles. The van der Waals surface area contributed by atoms with Crippen LogP contribution in [0.3, 0.4) is 0 Å². The largest absolute Gasteiger partial charge is 0.352 e. The van der Waals surface area contributed by atoms with Crippen molar-refractivity contribution in [2.45, 2.75) is 50.6 Å². The highest BCUT2D eigenvalue weighted by atomic mass is 32.2. The number of aromatic nitrogens is 1. The summed E-state index contributed by atoms with van der Waals surface area (Å²) in [6.45, 7) is 5.55. The van der Waals surface area contributed by atoms with E-state index in [1.165, 1.54) is 0 Å². The summed E-state index contributed by atoms with van der Waals surface area (Å²) in [4.78, 5) is 0.422. The Labute approximate surface area is 128 Å². The molecule has 0 bridgehead atoms. The molecule has 1 heterocycles. The lowest BCUT2D eigenvalue weighted by Crippen LogP contribution is -2.34. The zero-order valence-electron chi connectivity index (χ0n) is 13.5. The van der Waals surface area contributed by atoms with E-state index in [2.05, 4.69) is 19.2 Å². The van der Waals surface area contributed by atoms with Crippen LogP contribution in [-0.4, -0.2) is 36.9 Å². The molecule has 0 saturated heterocycles. The minimum absolute atomic E-state index is 0.210. The summed E-state index contributed by atoms with van der Waals surface area (Å²) in [5, 5.41) is 3.06. The molecular weight excluding hydrogens is 286 g/mol. The summed E-state index contributed by atoms with van der Waals surface area (Å²) in [6, 6.07) is 2.00. The standard InChI is InChI=1S/C15H27N3O2S/c1-12(2)7-8-18(13-5-6-13)21(19,20)15-9-14(10-16-3)17(4)11-15/h9,11-13,16H,5-8,10H2,1-4H3. The fourth-order valence-electron chi connectivity index (χ4n) is 2.46. The number of nitrogens with zero attached hydrogens (tertiary/aromatic N) is 2. The molecule has 120 valence electrons. The quantitative estimate of drug-likeness (QED) is 0.798. The molecule has 0 amide bonds. The summed E-state index contributed by atoms with van der Waals surface area (Å²) in [5.74, 6) is 0.511. The molecule has 5 nitrogen and oxygen atoms in total. The average molecular weight is 313 g/mol. The first-order chi connectivity index (χ1) is 9.86. The third kappa shape index (κ3) is 3.87. The molecule has 0 radical (unpaired) electrons. The molecule has 0 unspecified atom stereocenters. The summed E-state index contributed by atoms with van der Waals surface area (Å²) in [6.07, 6.45) is 4.62. The predicted molar refractivity (Wildman–Crippen MR) is 84.5 cm³/mol. The van der Waals surface area contributed by atoms with Crippen molar-refractivity contribution in [3.63, 3.8) is 0 Å². The topological polar surface area (TPSA) is 54.3 Å². The van der Waals surface area contributed by atoms with Gasteiger partial charge >= 0.3 is 0 Å². The van der Waals surface area contributed by atoms with Gasteiger partial charge in [0.15, 0.2) is 0 Å². The van der Waals surface area contributed by atoms with Gasteiger partial charge in [-0.05, 0) is 38.3 Å². The van der Waals surface area contributed by atoms with Gasteiger partial charge in [0.1, 0.15) is 4.90 Å². The molecule has 1 aliphatic rings. The maximum atomic E-state index is 12.9. The van der Waals surface area contributed by atoms with Crippen LogP contribution in [0.2, 0.25) is 0 Å². The third-order valence-corrected chi connectivity index (χ3v) is 5.85. The molecule has 1 aromatic rings. The van der Waals surface area contributed by atoms with Crippen molar-refractivity contribution in [2.75, 3.05) is 13.6 Å². The van der Waals surface area contributed by atoms with E-state index >= 15 is 0 Å². The summed E-state index contributed by atoms with van der Waals surface area (Å²) in [5.41, 5.74) is 0.982. The first kappa shape index (κ1) is 16.5. The van der Waals surface area contributed by atoms with E-state index in [0.29, 0.717) is 23.9 Å². The third-order valence-electron chi connectivity index (χ3n) is 3.93. The summed E-state index contributed by atoms with van der Waals surface area (Å²) in [7, 11) is 0.383. The van der Waals surface area contributed by atoms with Gasteiger partial charge in [-0.15, -0.1) is 0 Å². The first-order valence-corrected chi connectivity index (χ1v) is 9.12. The van der Waals surface area contributed by atoms with Crippen molar-refractivity contribution in [3.05, 3.63) is 18.0 Å². The molecule has 2 rings (SSSR count). The van der Waals surface area contributed by atoms with Crippen LogP contribution in [0.4, 0.5) is 0 Å². The Bertz CT molecular complexity index is 574. The molecule has 0 atom stereocenters. The van der Waals surface area contributed by atoms with E-state index in [1.807, 2.05) is 18.7 Å². The van der Waals surface area contributed by atoms with Gasteiger partial charge in [-0.1, -0.05) is 13.8 Å². The molecule has 1 fully saturated rings. The number of sulfonamides is 1. The lowest BCUT2D eigenvalue weighted by molar-refractivity contribution is 0.373. The second-order valence-electron chi connectivity index (χ2n) is 6.34. The highest BCUT2D eigenvalue weighted by Gasteiger charge is 2.38. The maximum absolute atomic E-state index is 12.9. The van der Waals surface area contributed by atoms with Gasteiger partial charge in [-0.2, -0.15) is 4.31 Å². The van der Waals surface area contributed by atoms with Gasteiger partial charge in [0.25, 0.3) is 0 Å². The van der Waals surface area contributed by atoms with Crippen LogP contribution in [0.15, 0.2) is 17.2 Å². The average Bonchev–Trinajstić information content (AvgIpc) is 3.14. The van der Waals surface area contributed by atoms with Crippen LogP contribution in [-0.2, 0) is 23.6 Å². The Morgan fingerprint density at radius 3 is 2.62 bits per heavy atom. The molecule has 1 saturated carbocycles. The van der Waals surface area contributed by atoms with Crippen LogP contribution in [0.5, 0.6) is 0 Å². The maximum Gasteiger partial charge on any atom is 0.244 e. The zero-order valence-corrected chi connectivity index (χ0v) is 14.3. The Balaban J connectivity index is 2.23. The van der Waals surface area contributed by atoms with Gasteiger partial charge in [-0.25, -0.2) is 8.42 Å². The van der Waals surface area contributed by atoms with Crippen LogP contribution >= 0.6 is 0 Å². The van der Waals surface area contributed by atoms with Crippen LogP contribution in [0.1, 0.15) is 38.8 Å². The van der Waals surface area contributed by atoms with Crippen LogP contribution in [0, 0.1) is 5.92 Å². The zero-order chi connectivity index (χ0) is 15.6. The predicted octanol–water partition coefficient (Wildman–Crippen LogP) is 1.94. The van der Waals surface area contributed by atoms with E-state index in [-0.39, 0.29) is 6.04 Å². The van der Waals surface area contributed by atoms with E-state index in [4.69, 9.17) is 0 Å². The molecule has 1 aliphatic carbocycles. The van der Waals surface area contributed by atoms with Gasteiger partial charge in [0.2, 0.25) is 10.0 Å². The van der Waals surface area contributed by atoms with Crippen molar-refractivity contribution >= 4 is 10.0 Å². The molecule has 0 aliphatic heterocycles. The monoisotopic (exact) mass is 313 g/mol. The number of aryl methyl sites for hydroxylation is 1. The van der Waals surface area contributed by atoms with Crippen LogP contribution < -0.4 is 5.32 Å². The number of rotatable bonds is 8. The second-order valence-corrected chi connectivity index (χ2v) is 8.23. The summed E-state index contributed by atoms with van der Waals surface area (Å²) >= 11 is 0. The molecule has 0 aromatic carbocycles. The highest BCUT2D eigenvalue weighted by molar-refractivity contribution is 7.89. The number of hydrogen-bond donors (Lipinski definition) is 1. The van der Waals surface area contributed by atoms with Crippen LogP contribution in [0.25, 0.3) is 0 Å². The van der Waals surface area contributed by atoms with Gasteiger partial charge in [0, 0.05) is 38.1 Å². The number of hydrogen-bond acceptors (Lipinski definition) is 3. The van der Waals surface area contributed by atoms with Gasteiger partial charge < -0.3 is 9.88 Å². The van der Waals surface area contributed by atoms with Crippen molar-refractivity contribution in [1.29, 1.82) is 0 Å². The Morgan fingerprint density at radius 1 is 1.43 bits per heavy atom. The second kappa shape index (κ2) is 6.50. The normalized spacial score (nSPS) is 16.1. The van der Waals surface area contributed by atoms with E-state index < -0.39 is 10.0 Å². The van der Waals surface area contributed by atoms with Gasteiger partial charge in [-0.3, -0.25) is 0 Å². The fourth-order valence-corrected chi connectivity index (χ4v) is 4.25. The summed E-state index contributed by atoms with van der Waals surface area (Å²) < 4.78 is 29.4. The fraction of sp³-hybridized carbons (Fsp3) is 0.733. The highest BCUT2D eigenvalue weighted by Crippen LogP contribution is 2.33. The molecular formula is C15H27N3O2S. The molecule has 0 spiro atoms. The Kier molecular flexibility index (Phi) is 5.11. The van der Waals surface area contributed by atoms with Crippen molar-refractivity contribution in [2.24, 2.45) is 13.0 Å². The van der Waals surface area contributed by atoms with Crippen molar-refractivity contribution in [1.82, 2.24) is 14.2 Å². The van der Waals surface area contributed by atoms with E-state index in [0.717, 1.165) is 25.0 Å². The minimum Gasteiger partial charge on any atom is -0.352 e. The lowest BCUT2D eigenvalue weighted by Gasteiger charge is -2.22. The van der Waals surface area contributed by atoms with E-state index in [9.17, 15) is 8.42 Å². The molecule has 21 heavy (non-hydrogen) atoms. The van der Waals surface area contributed by atoms with Crippen molar-refractivity contribution < 1.29 is 8.42 Å². The van der Waals surface area contributed by atoms with Crippen molar-refractivity contribution in [3.8, 4) is 0 Å². The Morgan fingerprint density at radius 2 is 2.10 bits per heavy atom. The number of nitrogens with one attached hydrogen (secondary N) is 1. The SMILES string of the molecule is CNCc1cc(S(=O)(=O)N(CCC(C)C)C2CC2)cn1C. The molecule has 6 heteroatoms. The van der Waals surface area contributed by atoms with E-state index in [1.54, 1.807) is 16.6 Å².